The molecule has 13 heteroatoms. The minimum Gasteiger partial charge on any atom is -0.480 e. The summed E-state index contributed by atoms with van der Waals surface area (Å²) in [5.41, 5.74) is 0. The van der Waals surface area contributed by atoms with Gasteiger partial charge in [-0.05, 0) is 12.8 Å². The number of unbranched alkanes of at least 4 members (excludes halogenated alkanes) is 13. The van der Waals surface area contributed by atoms with Crippen LogP contribution in [0.5, 0.6) is 0 Å². The van der Waals surface area contributed by atoms with Gasteiger partial charge in [0.05, 0.1) is 13.2 Å². The Labute approximate surface area is 242 Å². The van der Waals surface area contributed by atoms with E-state index >= 15 is 0 Å². The summed E-state index contributed by atoms with van der Waals surface area (Å²) in [7, 11) is 0. The molecule has 0 aromatic heterocycles. The molecule has 0 spiro atoms. The van der Waals surface area contributed by atoms with Gasteiger partial charge in [-0.2, -0.15) is 0 Å². The fourth-order valence-corrected chi connectivity index (χ4v) is 4.65. The molecule has 8 N–H and O–H groups in total. The highest BCUT2D eigenvalue weighted by molar-refractivity contribution is 5.86. The van der Waals surface area contributed by atoms with Crippen LogP contribution >= 0.6 is 0 Å². The van der Waals surface area contributed by atoms with Crippen molar-refractivity contribution in [2.45, 2.75) is 133 Å². The lowest BCUT2D eigenvalue weighted by molar-refractivity contribution is -0.236. The zero-order chi connectivity index (χ0) is 30.5. The maximum absolute atomic E-state index is 12.1. The summed E-state index contributed by atoms with van der Waals surface area (Å²) in [4.78, 5) is 45.5. The summed E-state index contributed by atoms with van der Waals surface area (Å²) in [6, 6.07) is 0. The van der Waals surface area contributed by atoms with Crippen molar-refractivity contribution in [1.82, 2.24) is 16.0 Å². The molecule has 1 saturated heterocycles. The molecule has 0 unspecified atom stereocenters. The molecule has 0 aliphatic carbocycles. The van der Waals surface area contributed by atoms with E-state index in [0.29, 0.717) is 12.8 Å². The maximum Gasteiger partial charge on any atom is 0.322 e. The highest BCUT2D eigenvalue weighted by atomic mass is 16.6. The van der Waals surface area contributed by atoms with Crippen LogP contribution in [0.25, 0.3) is 0 Å². The SMILES string of the molecule is O=C(O)CNC(=O)CNC(=O)CCCCCCCCCCCCCCCCC(=O)N[C@@H]1O[C@H](CO)[C@@H](O)[C@H](O)[C@H]1O. The first-order valence-electron chi connectivity index (χ1n) is 15.0. The van der Waals surface area contributed by atoms with Crippen LogP contribution in [0.4, 0.5) is 0 Å². The highest BCUT2D eigenvalue weighted by Gasteiger charge is 2.43. The molecule has 0 radical (unpaired) electrons. The van der Waals surface area contributed by atoms with Gasteiger partial charge in [0, 0.05) is 12.8 Å². The van der Waals surface area contributed by atoms with Crippen LogP contribution in [0, 0.1) is 0 Å². The average molecular weight is 590 g/mol. The lowest BCUT2D eigenvalue weighted by atomic mass is 9.98. The third-order valence-corrected chi connectivity index (χ3v) is 7.14. The van der Waals surface area contributed by atoms with Crippen LogP contribution in [0.15, 0.2) is 0 Å². The molecule has 3 amide bonds. The zero-order valence-electron chi connectivity index (χ0n) is 24.1. The average Bonchev–Trinajstić information content (AvgIpc) is 2.94. The molecule has 1 fully saturated rings. The second kappa shape index (κ2) is 22.3. The number of hydrogen-bond donors (Lipinski definition) is 8. The van der Waals surface area contributed by atoms with Crippen LogP contribution in [-0.4, -0.2) is 99.6 Å². The molecule has 238 valence electrons. The minimum absolute atomic E-state index is 0.201. The van der Waals surface area contributed by atoms with E-state index in [1.807, 2.05) is 0 Å². The maximum atomic E-state index is 12.1. The summed E-state index contributed by atoms with van der Waals surface area (Å²) in [6.07, 6.45) is 8.93. The molecule has 0 saturated carbocycles. The van der Waals surface area contributed by atoms with Crippen LogP contribution in [0.1, 0.15) is 103 Å². The van der Waals surface area contributed by atoms with Crippen molar-refractivity contribution in [3.05, 3.63) is 0 Å². The van der Waals surface area contributed by atoms with Gasteiger partial charge in [0.15, 0.2) is 6.23 Å². The van der Waals surface area contributed by atoms with E-state index in [4.69, 9.17) is 9.84 Å². The van der Waals surface area contributed by atoms with Crippen molar-refractivity contribution in [2.24, 2.45) is 0 Å². The Hall–Kier alpha value is -2.32. The first-order valence-corrected chi connectivity index (χ1v) is 15.0. The van der Waals surface area contributed by atoms with Crippen LogP contribution < -0.4 is 16.0 Å². The molecule has 0 aromatic carbocycles. The lowest BCUT2D eigenvalue weighted by Crippen LogP contribution is -2.63. The van der Waals surface area contributed by atoms with Crippen molar-refractivity contribution in [3.8, 4) is 0 Å². The number of amides is 3. The van der Waals surface area contributed by atoms with Gasteiger partial charge >= 0.3 is 5.97 Å². The normalized spacial score (nSPS) is 22.2. The molecule has 0 aromatic rings. The van der Waals surface area contributed by atoms with Crippen molar-refractivity contribution >= 4 is 23.7 Å². The molecule has 1 aliphatic rings. The Balaban J connectivity index is 1.87. The van der Waals surface area contributed by atoms with Gasteiger partial charge < -0.3 is 46.2 Å². The number of aliphatic hydroxyl groups excluding tert-OH is 4. The smallest absolute Gasteiger partial charge is 0.322 e. The summed E-state index contributed by atoms with van der Waals surface area (Å²) in [5.74, 6) is -2.16. The highest BCUT2D eigenvalue weighted by Crippen LogP contribution is 2.20. The number of ether oxygens (including phenoxy) is 1. The van der Waals surface area contributed by atoms with E-state index in [1.165, 1.54) is 38.5 Å². The third-order valence-electron chi connectivity index (χ3n) is 7.14. The predicted molar refractivity (Wildman–Crippen MR) is 149 cm³/mol. The lowest BCUT2D eigenvalue weighted by Gasteiger charge is -2.40. The van der Waals surface area contributed by atoms with E-state index in [0.717, 1.165) is 44.9 Å². The number of aliphatic carboxylic acids is 1. The Kier molecular flexibility index (Phi) is 20.0. The molecule has 5 atom stereocenters. The van der Waals surface area contributed by atoms with Gasteiger partial charge in [-0.1, -0.05) is 77.0 Å². The number of carbonyl (C=O) groups is 4. The molecule has 1 heterocycles. The number of carboxylic acid groups (broad SMARTS) is 1. The second-order valence-corrected chi connectivity index (χ2v) is 10.7. The van der Waals surface area contributed by atoms with Gasteiger partial charge in [0.1, 0.15) is 31.0 Å². The molecule has 1 rings (SSSR count). The fraction of sp³-hybridized carbons (Fsp3) is 0.857. The number of carbonyl (C=O) groups excluding carboxylic acids is 3. The van der Waals surface area contributed by atoms with Crippen LogP contribution in [0.2, 0.25) is 0 Å². The molecule has 13 nitrogen and oxygen atoms in total. The summed E-state index contributed by atoms with van der Waals surface area (Å²) < 4.78 is 5.28. The quantitative estimate of drug-likeness (QED) is 0.0771. The Bertz CT molecular complexity index is 767. The second-order valence-electron chi connectivity index (χ2n) is 10.7. The first-order chi connectivity index (χ1) is 19.6. The van der Waals surface area contributed by atoms with Gasteiger partial charge in [-0.15, -0.1) is 0 Å². The molecule has 41 heavy (non-hydrogen) atoms. The zero-order valence-corrected chi connectivity index (χ0v) is 24.1. The van der Waals surface area contributed by atoms with Gasteiger partial charge in [-0.3, -0.25) is 19.2 Å². The van der Waals surface area contributed by atoms with Gasteiger partial charge in [-0.25, -0.2) is 0 Å². The van der Waals surface area contributed by atoms with Crippen molar-refractivity contribution in [3.63, 3.8) is 0 Å². The molecular weight excluding hydrogens is 538 g/mol. The largest absolute Gasteiger partial charge is 0.480 e. The number of hydrogen-bond acceptors (Lipinski definition) is 9. The topological polar surface area (TPSA) is 215 Å². The van der Waals surface area contributed by atoms with E-state index < -0.39 is 55.7 Å². The van der Waals surface area contributed by atoms with E-state index in [9.17, 15) is 39.6 Å². The van der Waals surface area contributed by atoms with Crippen molar-refractivity contribution in [2.75, 3.05) is 19.7 Å². The van der Waals surface area contributed by atoms with E-state index in [-0.39, 0.29) is 24.8 Å². The predicted octanol–water partition coefficient (Wildman–Crippen LogP) is 0.461. The van der Waals surface area contributed by atoms with Crippen LogP contribution in [-0.2, 0) is 23.9 Å². The summed E-state index contributed by atoms with van der Waals surface area (Å²) >= 11 is 0. The van der Waals surface area contributed by atoms with Gasteiger partial charge in [0.2, 0.25) is 17.7 Å². The number of rotatable bonds is 23. The molecule has 0 bridgehead atoms. The fourth-order valence-electron chi connectivity index (χ4n) is 4.65. The Morgan fingerprint density at radius 2 is 1.00 bits per heavy atom. The molecule has 1 aliphatic heterocycles. The minimum atomic E-state index is -1.51. The Morgan fingerprint density at radius 1 is 0.561 bits per heavy atom. The van der Waals surface area contributed by atoms with Crippen LogP contribution in [0.3, 0.4) is 0 Å². The van der Waals surface area contributed by atoms with E-state index in [2.05, 4.69) is 16.0 Å². The third kappa shape index (κ3) is 17.3. The van der Waals surface area contributed by atoms with Crippen molar-refractivity contribution < 1.29 is 49.4 Å². The van der Waals surface area contributed by atoms with E-state index in [1.54, 1.807) is 0 Å². The first kappa shape index (κ1) is 36.7. The number of aliphatic hydroxyl groups is 4. The molecular formula is C28H51N3O10. The summed E-state index contributed by atoms with van der Waals surface area (Å²) in [6.45, 7) is -1.20. The van der Waals surface area contributed by atoms with Crippen molar-refractivity contribution in [1.29, 1.82) is 0 Å². The number of carboxylic acids is 1. The Morgan fingerprint density at radius 3 is 1.46 bits per heavy atom. The number of nitrogens with one attached hydrogen (secondary N) is 3. The monoisotopic (exact) mass is 589 g/mol. The summed E-state index contributed by atoms with van der Waals surface area (Å²) in [5, 5.41) is 54.4. The van der Waals surface area contributed by atoms with Gasteiger partial charge in [0.25, 0.3) is 0 Å². The standard InChI is InChI=1S/C28H51N3O10/c32-19-20-25(38)26(39)27(40)28(41-20)31-22(34)16-14-12-10-8-6-4-2-1-3-5-7-9-11-13-15-21(33)29-17-23(35)30-18-24(36)37/h20,25-28,32,38-40H,1-19H2,(H,29,33)(H,30,35)(H,31,34)(H,36,37)/t20-,25-,26+,27-,28-/m1/s1.